The van der Waals surface area contributed by atoms with Gasteiger partial charge < -0.3 is 14.9 Å². The Morgan fingerprint density at radius 1 is 1.15 bits per heavy atom. The molecule has 3 rings (SSSR count). The maximum Gasteiger partial charge on any atom is 0.306 e. The van der Waals surface area contributed by atoms with Crippen LogP contribution >= 0.6 is 0 Å². The highest BCUT2D eigenvalue weighted by Gasteiger charge is 2.47. The van der Waals surface area contributed by atoms with Crippen LogP contribution in [0.5, 0.6) is 0 Å². The van der Waals surface area contributed by atoms with Gasteiger partial charge in [-0.05, 0) is 31.2 Å². The first-order valence-electron chi connectivity index (χ1n) is 9.26. The van der Waals surface area contributed by atoms with Crippen LogP contribution in [0.3, 0.4) is 0 Å². The zero-order chi connectivity index (χ0) is 18.7. The Morgan fingerprint density at radius 3 is 2.27 bits per heavy atom. The molecule has 26 heavy (non-hydrogen) atoms. The summed E-state index contributed by atoms with van der Waals surface area (Å²) < 4.78 is 0. The molecule has 0 radical (unpaired) electrons. The molecule has 6 nitrogen and oxygen atoms in total. The maximum absolute atomic E-state index is 13.1. The van der Waals surface area contributed by atoms with Gasteiger partial charge in [-0.1, -0.05) is 36.8 Å². The highest BCUT2D eigenvalue weighted by Crippen LogP contribution is 2.45. The lowest BCUT2D eigenvalue weighted by atomic mass is 9.63. The van der Waals surface area contributed by atoms with Gasteiger partial charge in [0.05, 0.1) is 17.9 Å². The minimum absolute atomic E-state index is 0.00345. The van der Waals surface area contributed by atoms with Crippen molar-refractivity contribution < 1.29 is 19.5 Å². The van der Waals surface area contributed by atoms with Crippen molar-refractivity contribution in [2.24, 2.45) is 5.92 Å². The molecular weight excluding hydrogens is 332 g/mol. The molecule has 0 aromatic heterocycles. The van der Waals surface area contributed by atoms with Crippen molar-refractivity contribution in [3.8, 4) is 0 Å². The number of aliphatic carboxylic acids is 1. The van der Waals surface area contributed by atoms with Gasteiger partial charge in [0.25, 0.3) is 0 Å². The Kier molecular flexibility index (Phi) is 5.30. The zero-order valence-electron chi connectivity index (χ0n) is 15.2. The van der Waals surface area contributed by atoms with E-state index in [2.05, 4.69) is 0 Å². The maximum atomic E-state index is 13.1. The number of carbonyl (C=O) groups excluding carboxylic acids is 2. The Hall–Kier alpha value is -2.37. The van der Waals surface area contributed by atoms with E-state index in [0.717, 1.165) is 24.8 Å². The number of rotatable bonds is 5. The van der Waals surface area contributed by atoms with E-state index >= 15 is 0 Å². The summed E-state index contributed by atoms with van der Waals surface area (Å²) >= 11 is 0. The van der Waals surface area contributed by atoms with Crippen molar-refractivity contribution in [1.82, 2.24) is 9.80 Å². The van der Waals surface area contributed by atoms with Crippen LogP contribution < -0.4 is 0 Å². The lowest BCUT2D eigenvalue weighted by Crippen LogP contribution is -2.53. The normalized spacial score (nSPS) is 19.5. The number of likely N-dealkylation sites (tertiary alicyclic amines) is 1. The summed E-state index contributed by atoms with van der Waals surface area (Å²) in [6.07, 6.45) is 3.61. The molecule has 0 unspecified atom stereocenters. The van der Waals surface area contributed by atoms with Gasteiger partial charge in [-0.15, -0.1) is 0 Å². The quantitative estimate of drug-likeness (QED) is 0.872. The van der Waals surface area contributed by atoms with E-state index in [1.807, 2.05) is 30.3 Å². The van der Waals surface area contributed by atoms with Crippen molar-refractivity contribution in [3.05, 3.63) is 35.9 Å². The van der Waals surface area contributed by atoms with Crippen LogP contribution in [0, 0.1) is 5.92 Å². The van der Waals surface area contributed by atoms with E-state index < -0.39 is 11.4 Å². The van der Waals surface area contributed by atoms with Crippen molar-refractivity contribution >= 4 is 17.8 Å². The summed E-state index contributed by atoms with van der Waals surface area (Å²) in [6, 6.07) is 9.81. The van der Waals surface area contributed by atoms with Gasteiger partial charge in [0.15, 0.2) is 0 Å². The molecule has 2 amide bonds. The zero-order valence-corrected chi connectivity index (χ0v) is 15.2. The molecule has 2 fully saturated rings. The van der Waals surface area contributed by atoms with Gasteiger partial charge in [0.1, 0.15) is 0 Å². The Bertz CT molecular complexity index is 676. The van der Waals surface area contributed by atoms with Crippen LogP contribution in [0.25, 0.3) is 0 Å². The summed E-state index contributed by atoms with van der Waals surface area (Å²) in [4.78, 5) is 39.9. The van der Waals surface area contributed by atoms with E-state index in [1.54, 1.807) is 11.9 Å². The number of hydrogen-bond donors (Lipinski definition) is 1. The first kappa shape index (κ1) is 18.4. The highest BCUT2D eigenvalue weighted by molar-refractivity contribution is 5.92. The first-order valence-corrected chi connectivity index (χ1v) is 9.26. The van der Waals surface area contributed by atoms with E-state index in [4.69, 9.17) is 5.11 Å². The summed E-state index contributed by atoms with van der Waals surface area (Å²) in [6.45, 7) is 0.939. The topological polar surface area (TPSA) is 77.9 Å². The molecule has 2 aliphatic rings. The van der Waals surface area contributed by atoms with Crippen LogP contribution in [0.2, 0.25) is 0 Å². The number of likely N-dealkylation sites (N-methyl/N-ethyl adjacent to an activating group) is 1. The predicted molar refractivity (Wildman–Crippen MR) is 96.5 cm³/mol. The van der Waals surface area contributed by atoms with E-state index in [-0.39, 0.29) is 24.3 Å². The second-order valence-corrected chi connectivity index (χ2v) is 7.46. The fraction of sp³-hybridized carbons (Fsp3) is 0.550. The van der Waals surface area contributed by atoms with E-state index in [1.165, 1.54) is 4.90 Å². The van der Waals surface area contributed by atoms with Crippen LogP contribution in [-0.2, 0) is 19.8 Å². The minimum Gasteiger partial charge on any atom is -0.481 e. The number of nitrogens with zero attached hydrogens (tertiary/aromatic N) is 2. The third kappa shape index (κ3) is 3.45. The van der Waals surface area contributed by atoms with Crippen molar-refractivity contribution in [2.45, 2.75) is 37.5 Å². The number of benzene rings is 1. The third-order valence-corrected chi connectivity index (χ3v) is 5.86. The number of carboxylic acid groups (broad SMARTS) is 1. The molecule has 140 valence electrons. The third-order valence-electron chi connectivity index (χ3n) is 5.86. The average Bonchev–Trinajstić information content (AvgIpc) is 2.61. The monoisotopic (exact) mass is 358 g/mol. The van der Waals surface area contributed by atoms with Crippen LogP contribution in [0.15, 0.2) is 30.3 Å². The largest absolute Gasteiger partial charge is 0.481 e. The van der Waals surface area contributed by atoms with Gasteiger partial charge in [0, 0.05) is 20.1 Å². The second kappa shape index (κ2) is 7.48. The smallest absolute Gasteiger partial charge is 0.306 e. The second-order valence-electron chi connectivity index (χ2n) is 7.46. The number of amides is 2. The SMILES string of the molecule is CN(CC(=O)N1CCC(C(=O)O)CC1)C(=O)C1(c2ccccc2)CCC1. The van der Waals surface area contributed by atoms with Gasteiger partial charge >= 0.3 is 5.97 Å². The Balaban J connectivity index is 1.61. The van der Waals surface area contributed by atoms with Crippen molar-refractivity contribution in [3.63, 3.8) is 0 Å². The molecule has 0 spiro atoms. The first-order chi connectivity index (χ1) is 12.4. The number of hydrogen-bond acceptors (Lipinski definition) is 3. The number of carbonyl (C=O) groups is 3. The van der Waals surface area contributed by atoms with Gasteiger partial charge in [0.2, 0.25) is 11.8 Å². The molecule has 1 aliphatic carbocycles. The molecule has 1 heterocycles. The fourth-order valence-corrected chi connectivity index (χ4v) is 4.03. The average molecular weight is 358 g/mol. The molecule has 1 aromatic carbocycles. The van der Waals surface area contributed by atoms with Crippen molar-refractivity contribution in [1.29, 1.82) is 0 Å². The summed E-state index contributed by atoms with van der Waals surface area (Å²) in [5.41, 5.74) is 0.532. The van der Waals surface area contributed by atoms with Gasteiger partial charge in [-0.25, -0.2) is 0 Å². The predicted octanol–water partition coefficient (Wildman–Crippen LogP) is 1.89. The molecule has 0 atom stereocenters. The number of piperidine rings is 1. The minimum atomic E-state index is -0.792. The molecule has 6 heteroatoms. The fourth-order valence-electron chi connectivity index (χ4n) is 4.03. The van der Waals surface area contributed by atoms with Gasteiger partial charge in [-0.3, -0.25) is 14.4 Å². The molecule has 1 N–H and O–H groups in total. The lowest BCUT2D eigenvalue weighted by molar-refractivity contribution is -0.148. The van der Waals surface area contributed by atoms with Crippen LogP contribution in [0.4, 0.5) is 0 Å². The lowest BCUT2D eigenvalue weighted by Gasteiger charge is -2.43. The summed E-state index contributed by atoms with van der Waals surface area (Å²) in [7, 11) is 1.69. The standard InChI is InChI=1S/C20H26N2O4/c1-21(14-17(23)22-12-8-15(9-13-22)18(24)25)19(26)20(10-5-11-20)16-6-3-2-4-7-16/h2-4,6-7,15H,5,8-14H2,1H3,(H,24,25). The van der Waals surface area contributed by atoms with Gasteiger partial charge in [-0.2, -0.15) is 0 Å². The highest BCUT2D eigenvalue weighted by atomic mass is 16.4. The molecular formula is C20H26N2O4. The Morgan fingerprint density at radius 2 is 1.77 bits per heavy atom. The van der Waals surface area contributed by atoms with Crippen molar-refractivity contribution in [2.75, 3.05) is 26.7 Å². The molecule has 1 saturated heterocycles. The summed E-state index contributed by atoms with van der Waals surface area (Å²) in [5, 5.41) is 9.06. The molecule has 1 saturated carbocycles. The van der Waals surface area contributed by atoms with E-state index in [0.29, 0.717) is 25.9 Å². The van der Waals surface area contributed by atoms with Crippen LogP contribution in [0.1, 0.15) is 37.7 Å². The summed E-state index contributed by atoms with van der Waals surface area (Å²) in [5.74, 6) is -1.26. The van der Waals surface area contributed by atoms with E-state index in [9.17, 15) is 14.4 Å². The molecule has 1 aromatic rings. The number of carboxylic acids is 1. The van der Waals surface area contributed by atoms with Crippen LogP contribution in [-0.4, -0.2) is 59.4 Å². The molecule has 0 bridgehead atoms. The molecule has 1 aliphatic heterocycles. The Labute approximate surface area is 153 Å².